The van der Waals surface area contributed by atoms with Crippen LogP contribution in [0.5, 0.6) is 0 Å². The fourth-order valence-corrected chi connectivity index (χ4v) is 3.25. The van der Waals surface area contributed by atoms with Crippen LogP contribution in [0.4, 0.5) is 5.69 Å². The third-order valence-corrected chi connectivity index (χ3v) is 5.15. The van der Waals surface area contributed by atoms with Crippen molar-refractivity contribution in [3.8, 4) is 0 Å². The summed E-state index contributed by atoms with van der Waals surface area (Å²) in [7, 11) is 0. The molecule has 1 saturated heterocycles. The van der Waals surface area contributed by atoms with Crippen molar-refractivity contribution < 1.29 is 4.79 Å². The number of hydrogen-bond acceptors (Lipinski definition) is 2. The maximum atomic E-state index is 11.4. The molecule has 1 aliphatic rings. The maximum absolute atomic E-state index is 11.4. The summed E-state index contributed by atoms with van der Waals surface area (Å²) in [5.41, 5.74) is 2.48. The normalized spacial score (nSPS) is 18.4. The van der Waals surface area contributed by atoms with Crippen LogP contribution in [-0.2, 0) is 0 Å². The molecule has 1 heterocycles. The second-order valence-electron chi connectivity index (χ2n) is 5.87. The Balaban J connectivity index is 2.14. The highest BCUT2D eigenvalue weighted by molar-refractivity contribution is 9.10. The number of halogens is 1. The van der Waals surface area contributed by atoms with Gasteiger partial charge in [0.2, 0.25) is 0 Å². The Labute approximate surface area is 124 Å². The number of carbonyl (C=O) groups is 1. The van der Waals surface area contributed by atoms with Crippen molar-refractivity contribution in [2.24, 2.45) is 5.41 Å². The summed E-state index contributed by atoms with van der Waals surface area (Å²) in [5, 5.41) is 0. The number of piperidine rings is 1. The molecular formula is C16H22BrNO. The van der Waals surface area contributed by atoms with Crippen LogP contribution in [0.25, 0.3) is 0 Å². The van der Waals surface area contributed by atoms with Crippen molar-refractivity contribution >= 4 is 27.4 Å². The molecule has 0 atom stereocenters. The Bertz CT molecular complexity index is 476. The molecule has 1 aromatic rings. The average molecular weight is 324 g/mol. The first-order valence-corrected chi connectivity index (χ1v) is 7.80. The topological polar surface area (TPSA) is 20.3 Å². The fraction of sp³-hybridized carbons (Fsp3) is 0.562. The zero-order valence-corrected chi connectivity index (χ0v) is 13.6. The molecule has 0 spiro atoms. The van der Waals surface area contributed by atoms with Gasteiger partial charge in [-0.25, -0.2) is 0 Å². The van der Waals surface area contributed by atoms with Crippen LogP contribution < -0.4 is 4.90 Å². The van der Waals surface area contributed by atoms with Gasteiger partial charge in [-0.15, -0.1) is 0 Å². The summed E-state index contributed by atoms with van der Waals surface area (Å²) in [6.45, 7) is 8.48. The van der Waals surface area contributed by atoms with E-state index in [0.717, 1.165) is 23.1 Å². The Morgan fingerprint density at radius 1 is 1.37 bits per heavy atom. The molecule has 0 N–H and O–H groups in total. The van der Waals surface area contributed by atoms with Gasteiger partial charge in [-0.2, -0.15) is 0 Å². The lowest BCUT2D eigenvalue weighted by atomic mass is 9.78. The van der Waals surface area contributed by atoms with Gasteiger partial charge in [0.05, 0.1) is 5.69 Å². The maximum Gasteiger partial charge on any atom is 0.159 e. The first-order valence-electron chi connectivity index (χ1n) is 7.00. The molecule has 0 aliphatic carbocycles. The molecule has 0 unspecified atom stereocenters. The summed E-state index contributed by atoms with van der Waals surface area (Å²) in [5.74, 6) is 0.115. The van der Waals surface area contributed by atoms with Crippen molar-refractivity contribution in [3.63, 3.8) is 0 Å². The zero-order valence-electron chi connectivity index (χ0n) is 12.0. The lowest BCUT2D eigenvalue weighted by Crippen LogP contribution is -2.38. The zero-order chi connectivity index (χ0) is 14.0. The minimum atomic E-state index is 0.115. The van der Waals surface area contributed by atoms with E-state index < -0.39 is 0 Å². The smallest absolute Gasteiger partial charge is 0.159 e. The van der Waals surface area contributed by atoms with Crippen molar-refractivity contribution in [1.29, 1.82) is 0 Å². The van der Waals surface area contributed by atoms with E-state index in [1.165, 1.54) is 24.9 Å². The third kappa shape index (κ3) is 3.19. The van der Waals surface area contributed by atoms with E-state index in [-0.39, 0.29) is 5.78 Å². The van der Waals surface area contributed by atoms with Gasteiger partial charge in [-0.3, -0.25) is 4.79 Å². The van der Waals surface area contributed by atoms with Crippen molar-refractivity contribution in [1.82, 2.24) is 0 Å². The van der Waals surface area contributed by atoms with Gasteiger partial charge >= 0.3 is 0 Å². The highest BCUT2D eigenvalue weighted by Crippen LogP contribution is 2.37. The van der Waals surface area contributed by atoms with E-state index in [0.29, 0.717) is 5.41 Å². The molecule has 1 aromatic carbocycles. The molecule has 3 heteroatoms. The molecular weight excluding hydrogens is 302 g/mol. The van der Waals surface area contributed by atoms with Gasteiger partial charge in [0.25, 0.3) is 0 Å². The summed E-state index contributed by atoms with van der Waals surface area (Å²) < 4.78 is 1.03. The Morgan fingerprint density at radius 2 is 2.00 bits per heavy atom. The van der Waals surface area contributed by atoms with Gasteiger partial charge in [-0.05, 0) is 59.3 Å². The van der Waals surface area contributed by atoms with Crippen molar-refractivity contribution in [2.45, 2.75) is 40.0 Å². The van der Waals surface area contributed by atoms with Crippen LogP contribution in [0.1, 0.15) is 50.4 Å². The van der Waals surface area contributed by atoms with Crippen LogP contribution in [-0.4, -0.2) is 18.9 Å². The molecule has 1 aliphatic heterocycles. The highest BCUT2D eigenvalue weighted by Gasteiger charge is 2.28. The number of carbonyl (C=O) groups excluding carboxylic acids is 1. The number of benzene rings is 1. The second kappa shape index (κ2) is 5.66. The molecule has 0 saturated carbocycles. The number of hydrogen-bond donors (Lipinski definition) is 0. The molecule has 2 rings (SSSR count). The van der Waals surface area contributed by atoms with Crippen LogP contribution in [0.2, 0.25) is 0 Å². The lowest BCUT2D eigenvalue weighted by molar-refractivity contribution is 0.101. The fourth-order valence-electron chi connectivity index (χ4n) is 2.62. The molecule has 0 aromatic heterocycles. The van der Waals surface area contributed by atoms with E-state index in [1.807, 2.05) is 12.1 Å². The molecule has 2 nitrogen and oxygen atoms in total. The van der Waals surface area contributed by atoms with E-state index >= 15 is 0 Å². The van der Waals surface area contributed by atoms with E-state index in [2.05, 4.69) is 40.7 Å². The van der Waals surface area contributed by atoms with Gasteiger partial charge < -0.3 is 4.90 Å². The Hall–Kier alpha value is -0.830. The first kappa shape index (κ1) is 14.6. The van der Waals surface area contributed by atoms with Crippen LogP contribution in [0.15, 0.2) is 22.7 Å². The Kier molecular flexibility index (Phi) is 4.34. The van der Waals surface area contributed by atoms with E-state index in [9.17, 15) is 4.79 Å². The standard InChI is InChI=1S/C16H22BrNO/c1-4-16(3)7-9-18(10-8-16)15-6-5-13(12(2)19)11-14(15)17/h5-6,11H,4,7-10H2,1-3H3. The SMILES string of the molecule is CCC1(C)CCN(c2ccc(C(C)=O)cc2Br)CC1. The minimum absolute atomic E-state index is 0.115. The van der Waals surface area contributed by atoms with Gasteiger partial charge in [0.1, 0.15) is 0 Å². The predicted molar refractivity (Wildman–Crippen MR) is 84.0 cm³/mol. The molecule has 104 valence electrons. The molecule has 19 heavy (non-hydrogen) atoms. The van der Waals surface area contributed by atoms with Gasteiger partial charge in [0.15, 0.2) is 5.78 Å². The molecule has 0 bridgehead atoms. The van der Waals surface area contributed by atoms with Gasteiger partial charge in [0, 0.05) is 23.1 Å². The number of rotatable bonds is 3. The number of Topliss-reactive ketones (excluding diaryl/α,β-unsaturated/α-hetero) is 1. The first-order chi connectivity index (χ1) is 8.95. The summed E-state index contributed by atoms with van der Waals surface area (Å²) in [6.07, 6.45) is 3.74. The number of nitrogens with zero attached hydrogens (tertiary/aromatic N) is 1. The largest absolute Gasteiger partial charge is 0.371 e. The average Bonchev–Trinajstić information content (AvgIpc) is 2.40. The summed E-state index contributed by atoms with van der Waals surface area (Å²) in [4.78, 5) is 13.8. The van der Waals surface area contributed by atoms with E-state index in [1.54, 1.807) is 6.92 Å². The van der Waals surface area contributed by atoms with Crippen LogP contribution >= 0.6 is 15.9 Å². The number of anilines is 1. The van der Waals surface area contributed by atoms with Crippen molar-refractivity contribution in [2.75, 3.05) is 18.0 Å². The molecule has 1 fully saturated rings. The van der Waals surface area contributed by atoms with Crippen LogP contribution in [0, 0.1) is 5.41 Å². The molecule has 0 amide bonds. The summed E-state index contributed by atoms with van der Waals surface area (Å²) >= 11 is 3.60. The number of ketones is 1. The van der Waals surface area contributed by atoms with Crippen molar-refractivity contribution in [3.05, 3.63) is 28.2 Å². The molecule has 0 radical (unpaired) electrons. The highest BCUT2D eigenvalue weighted by atomic mass is 79.9. The predicted octanol–water partition coefficient (Wildman–Crippen LogP) is 4.67. The quantitative estimate of drug-likeness (QED) is 0.753. The third-order valence-electron chi connectivity index (χ3n) is 4.52. The lowest BCUT2D eigenvalue weighted by Gasteiger charge is -2.40. The van der Waals surface area contributed by atoms with E-state index in [4.69, 9.17) is 0 Å². The van der Waals surface area contributed by atoms with Crippen LogP contribution in [0.3, 0.4) is 0 Å². The Morgan fingerprint density at radius 3 is 2.47 bits per heavy atom. The second-order valence-corrected chi connectivity index (χ2v) is 6.73. The summed E-state index contributed by atoms with van der Waals surface area (Å²) in [6, 6.07) is 5.93. The van der Waals surface area contributed by atoms with Gasteiger partial charge in [-0.1, -0.05) is 20.3 Å². The monoisotopic (exact) mass is 323 g/mol. The minimum Gasteiger partial charge on any atom is -0.371 e.